The Morgan fingerprint density at radius 1 is 1.69 bits per heavy atom. The molecule has 1 saturated heterocycles. The molecule has 1 aromatic heterocycles. The highest BCUT2D eigenvalue weighted by molar-refractivity contribution is 5.92. The van der Waals surface area contributed by atoms with Crippen molar-refractivity contribution in [2.45, 2.75) is 6.92 Å². The highest BCUT2D eigenvalue weighted by Gasteiger charge is 2.29. The Labute approximate surface area is 93.9 Å². The van der Waals surface area contributed by atoms with Crippen LogP contribution in [0.25, 0.3) is 0 Å². The van der Waals surface area contributed by atoms with E-state index < -0.39 is 0 Å². The second-order valence-electron chi connectivity index (χ2n) is 4.07. The number of carbonyl (C=O) groups excluding carboxylic acids is 1. The van der Waals surface area contributed by atoms with E-state index in [9.17, 15) is 9.90 Å². The van der Waals surface area contributed by atoms with Crippen LogP contribution in [0.4, 0.5) is 5.82 Å². The van der Waals surface area contributed by atoms with Crippen LogP contribution in [0.3, 0.4) is 0 Å². The number of aromatic nitrogens is 1. The molecule has 16 heavy (non-hydrogen) atoms. The van der Waals surface area contributed by atoms with Crippen LogP contribution in [-0.2, 0) is 4.79 Å². The first-order valence-electron chi connectivity index (χ1n) is 5.34. The first-order chi connectivity index (χ1) is 7.68. The molecule has 1 unspecified atom stereocenters. The monoisotopic (exact) mass is 221 g/mol. The summed E-state index contributed by atoms with van der Waals surface area (Å²) < 4.78 is 0. The van der Waals surface area contributed by atoms with Crippen LogP contribution in [0, 0.1) is 11.8 Å². The highest BCUT2D eigenvalue weighted by Crippen LogP contribution is 2.22. The molecule has 1 fully saturated rings. The Morgan fingerprint density at radius 3 is 3.00 bits per heavy atom. The van der Waals surface area contributed by atoms with E-state index in [1.165, 1.54) is 12.3 Å². The number of pyridine rings is 1. The van der Waals surface area contributed by atoms with Crippen molar-refractivity contribution in [2.75, 3.05) is 18.4 Å². The van der Waals surface area contributed by atoms with Crippen LogP contribution < -0.4 is 10.6 Å². The number of amides is 1. The maximum Gasteiger partial charge on any atom is 0.228 e. The Balaban J connectivity index is 1.99. The number of aromatic hydroxyl groups is 1. The van der Waals surface area contributed by atoms with Gasteiger partial charge in [0.05, 0.1) is 0 Å². The maximum absolute atomic E-state index is 11.8. The summed E-state index contributed by atoms with van der Waals surface area (Å²) in [7, 11) is 0. The fourth-order valence-electron chi connectivity index (χ4n) is 1.60. The van der Waals surface area contributed by atoms with E-state index in [2.05, 4.69) is 15.6 Å². The van der Waals surface area contributed by atoms with Crippen molar-refractivity contribution < 1.29 is 9.90 Å². The van der Waals surface area contributed by atoms with Crippen molar-refractivity contribution >= 4 is 11.7 Å². The fraction of sp³-hybridized carbons (Fsp3) is 0.455. The summed E-state index contributed by atoms with van der Waals surface area (Å²) in [6, 6.07) is 3.11. The first-order valence-corrected chi connectivity index (χ1v) is 5.34. The van der Waals surface area contributed by atoms with E-state index in [1.54, 1.807) is 6.07 Å². The molecular formula is C11H15N3O2. The van der Waals surface area contributed by atoms with Crippen molar-refractivity contribution in [3.8, 4) is 5.75 Å². The van der Waals surface area contributed by atoms with Crippen molar-refractivity contribution in [1.29, 1.82) is 0 Å². The highest BCUT2D eigenvalue weighted by atomic mass is 16.3. The molecule has 2 rings (SSSR count). The summed E-state index contributed by atoms with van der Waals surface area (Å²) >= 11 is 0. The summed E-state index contributed by atoms with van der Waals surface area (Å²) in [4.78, 5) is 15.7. The van der Waals surface area contributed by atoms with Crippen LogP contribution in [-0.4, -0.2) is 29.1 Å². The Morgan fingerprint density at radius 2 is 2.44 bits per heavy atom. The van der Waals surface area contributed by atoms with Gasteiger partial charge in [-0.1, -0.05) is 6.92 Å². The van der Waals surface area contributed by atoms with Gasteiger partial charge in [0, 0.05) is 12.1 Å². The first kappa shape index (κ1) is 10.9. The minimum Gasteiger partial charge on any atom is -0.504 e. The number of rotatable bonds is 3. The van der Waals surface area contributed by atoms with Gasteiger partial charge >= 0.3 is 0 Å². The van der Waals surface area contributed by atoms with Gasteiger partial charge in [0.25, 0.3) is 0 Å². The largest absolute Gasteiger partial charge is 0.504 e. The molecule has 3 N–H and O–H groups in total. The zero-order chi connectivity index (χ0) is 11.5. The van der Waals surface area contributed by atoms with E-state index in [0.717, 1.165) is 13.1 Å². The predicted octanol–water partition coefficient (Wildman–Crippen LogP) is 0.581. The van der Waals surface area contributed by atoms with Crippen LogP contribution in [0.2, 0.25) is 0 Å². The van der Waals surface area contributed by atoms with Gasteiger partial charge < -0.3 is 15.7 Å². The van der Waals surface area contributed by atoms with Gasteiger partial charge in [0.2, 0.25) is 5.91 Å². The summed E-state index contributed by atoms with van der Waals surface area (Å²) in [5.41, 5.74) is 0. The van der Waals surface area contributed by atoms with Gasteiger partial charge in [-0.3, -0.25) is 4.79 Å². The van der Waals surface area contributed by atoms with Gasteiger partial charge in [-0.2, -0.15) is 0 Å². The molecule has 5 heteroatoms. The van der Waals surface area contributed by atoms with Crippen LogP contribution >= 0.6 is 0 Å². The number of hydrogen-bond donors (Lipinski definition) is 3. The molecule has 1 aliphatic rings. The molecular weight excluding hydrogens is 206 g/mol. The summed E-state index contributed by atoms with van der Waals surface area (Å²) in [6.07, 6.45) is 1.53. The van der Waals surface area contributed by atoms with Gasteiger partial charge in [-0.05, 0) is 31.1 Å². The summed E-state index contributed by atoms with van der Waals surface area (Å²) in [6.45, 7) is 3.65. The smallest absolute Gasteiger partial charge is 0.228 e. The lowest BCUT2D eigenvalue weighted by Crippen LogP contribution is -2.48. The third-order valence-corrected chi connectivity index (χ3v) is 2.96. The molecule has 0 aromatic carbocycles. The minimum atomic E-state index is -0.0968. The summed E-state index contributed by atoms with van der Waals surface area (Å²) in [5.74, 6) is 0.440. The van der Waals surface area contributed by atoms with Crippen molar-refractivity contribution in [2.24, 2.45) is 11.8 Å². The average Bonchev–Trinajstić information content (AvgIpc) is 2.18. The minimum absolute atomic E-state index is 0.00483. The second-order valence-corrected chi connectivity index (χ2v) is 4.07. The van der Waals surface area contributed by atoms with Gasteiger partial charge in [0.1, 0.15) is 0 Å². The fourth-order valence-corrected chi connectivity index (χ4v) is 1.60. The normalized spacial score (nSPS) is 17.6. The Kier molecular flexibility index (Phi) is 3.05. The van der Waals surface area contributed by atoms with Gasteiger partial charge in [-0.15, -0.1) is 0 Å². The molecule has 1 aromatic rings. The van der Waals surface area contributed by atoms with Gasteiger partial charge in [-0.25, -0.2) is 4.98 Å². The molecule has 2 heterocycles. The van der Waals surface area contributed by atoms with E-state index in [4.69, 9.17) is 0 Å². The average molecular weight is 221 g/mol. The second kappa shape index (κ2) is 4.49. The number of nitrogens with one attached hydrogen (secondary N) is 2. The van der Waals surface area contributed by atoms with Crippen LogP contribution in [0.15, 0.2) is 18.3 Å². The lowest BCUT2D eigenvalue weighted by molar-refractivity contribution is -0.121. The maximum atomic E-state index is 11.8. The zero-order valence-electron chi connectivity index (χ0n) is 9.10. The third kappa shape index (κ3) is 2.14. The quantitative estimate of drug-likeness (QED) is 0.698. The zero-order valence-corrected chi connectivity index (χ0v) is 9.10. The van der Waals surface area contributed by atoms with E-state index >= 15 is 0 Å². The molecule has 0 spiro atoms. The van der Waals surface area contributed by atoms with E-state index in [1.807, 2.05) is 6.92 Å². The molecule has 1 aliphatic heterocycles. The molecule has 1 amide bonds. The van der Waals surface area contributed by atoms with Crippen molar-refractivity contribution in [3.05, 3.63) is 18.3 Å². The lowest BCUT2D eigenvalue weighted by atomic mass is 9.88. The van der Waals surface area contributed by atoms with Crippen LogP contribution in [0.1, 0.15) is 6.92 Å². The predicted molar refractivity (Wildman–Crippen MR) is 60.1 cm³/mol. The molecule has 5 nitrogen and oxygen atoms in total. The van der Waals surface area contributed by atoms with Crippen molar-refractivity contribution in [3.63, 3.8) is 0 Å². The molecule has 86 valence electrons. The van der Waals surface area contributed by atoms with E-state index in [-0.39, 0.29) is 23.4 Å². The molecule has 0 aliphatic carbocycles. The number of hydrogen-bond acceptors (Lipinski definition) is 4. The molecule has 0 saturated carbocycles. The van der Waals surface area contributed by atoms with E-state index in [0.29, 0.717) is 5.92 Å². The van der Waals surface area contributed by atoms with Crippen LogP contribution in [0.5, 0.6) is 5.75 Å². The Bertz CT molecular complexity index is 391. The third-order valence-electron chi connectivity index (χ3n) is 2.96. The number of carbonyl (C=O) groups is 1. The molecule has 0 bridgehead atoms. The number of nitrogens with zero attached hydrogens (tertiary/aromatic N) is 1. The van der Waals surface area contributed by atoms with Crippen molar-refractivity contribution in [1.82, 2.24) is 10.3 Å². The number of anilines is 1. The topological polar surface area (TPSA) is 74.2 Å². The molecule has 1 atom stereocenters. The molecule has 0 radical (unpaired) electrons. The SMILES string of the molecule is CC(C(=O)Nc1ncccc1O)C1CNC1. The Hall–Kier alpha value is -1.62. The summed E-state index contributed by atoms with van der Waals surface area (Å²) in [5, 5.41) is 15.2. The van der Waals surface area contributed by atoms with Gasteiger partial charge in [0.15, 0.2) is 11.6 Å². The standard InChI is InChI=1S/C11H15N3O2/c1-7(8-5-12-6-8)11(16)14-10-9(15)3-2-4-13-10/h2-4,7-8,12,15H,5-6H2,1H3,(H,13,14,16). The lowest BCUT2D eigenvalue weighted by Gasteiger charge is -2.31.